The van der Waals surface area contributed by atoms with Gasteiger partial charge in [-0.1, -0.05) is 54.6 Å². The minimum atomic E-state index is -0.0434. The molecule has 5 rings (SSSR count). The van der Waals surface area contributed by atoms with Crippen LogP contribution in [0.4, 0.5) is 5.69 Å². The van der Waals surface area contributed by atoms with E-state index in [2.05, 4.69) is 79.4 Å². The zero-order valence-electron chi connectivity index (χ0n) is 20.5. The number of allylic oxidation sites excluding steroid dienone is 1. The monoisotopic (exact) mass is 456 g/mol. The van der Waals surface area contributed by atoms with Crippen LogP contribution in [-0.4, -0.2) is 43.1 Å². The fraction of sp³-hybridized carbons (Fsp3) is 0.433. The largest absolute Gasteiger partial charge is 0.491 e. The average molecular weight is 457 g/mol. The summed E-state index contributed by atoms with van der Waals surface area (Å²) in [6, 6.07) is 16.8. The van der Waals surface area contributed by atoms with Crippen molar-refractivity contribution in [3.8, 4) is 5.75 Å². The highest BCUT2D eigenvalue weighted by Gasteiger charge is 2.29. The lowest BCUT2D eigenvalue weighted by molar-refractivity contribution is -0.120. The molecular weight excluding hydrogens is 420 g/mol. The summed E-state index contributed by atoms with van der Waals surface area (Å²) >= 11 is 0. The molecule has 2 aliphatic heterocycles. The SMILES string of the molecule is CC(C)Oc1ccccc1C1CCN(CC2=CCC(C(=O)N3CCc4ccccc43)C=C2)CC1. The van der Waals surface area contributed by atoms with E-state index in [1.807, 2.05) is 11.0 Å². The molecule has 1 amide bonds. The van der Waals surface area contributed by atoms with E-state index in [0.717, 1.165) is 63.3 Å². The quantitative estimate of drug-likeness (QED) is 0.555. The maximum Gasteiger partial charge on any atom is 0.234 e. The highest BCUT2D eigenvalue weighted by Crippen LogP contribution is 2.35. The second kappa shape index (κ2) is 10.2. The number of nitrogens with zero attached hydrogens (tertiary/aromatic N) is 2. The van der Waals surface area contributed by atoms with Crippen molar-refractivity contribution >= 4 is 11.6 Å². The van der Waals surface area contributed by atoms with E-state index in [-0.39, 0.29) is 17.9 Å². The second-order valence-electron chi connectivity index (χ2n) is 10.1. The van der Waals surface area contributed by atoms with Gasteiger partial charge in [-0.25, -0.2) is 0 Å². The van der Waals surface area contributed by atoms with Crippen molar-refractivity contribution in [2.24, 2.45) is 5.92 Å². The van der Waals surface area contributed by atoms with Gasteiger partial charge in [-0.2, -0.15) is 0 Å². The van der Waals surface area contributed by atoms with Crippen LogP contribution < -0.4 is 9.64 Å². The molecule has 0 bridgehead atoms. The molecule has 2 aromatic rings. The Balaban J connectivity index is 1.13. The van der Waals surface area contributed by atoms with Crippen LogP contribution in [0.15, 0.2) is 72.3 Å². The molecule has 1 fully saturated rings. The molecule has 1 saturated heterocycles. The van der Waals surface area contributed by atoms with Gasteiger partial charge in [0.1, 0.15) is 5.75 Å². The number of fused-ring (bicyclic) bond motifs is 1. The fourth-order valence-corrected chi connectivity index (χ4v) is 5.57. The average Bonchev–Trinajstić information content (AvgIpc) is 3.29. The summed E-state index contributed by atoms with van der Waals surface area (Å²) in [6.07, 6.45) is 10.9. The molecule has 0 spiro atoms. The van der Waals surface area contributed by atoms with Crippen LogP contribution in [0.5, 0.6) is 5.75 Å². The molecule has 34 heavy (non-hydrogen) atoms. The van der Waals surface area contributed by atoms with Crippen molar-refractivity contribution in [2.45, 2.75) is 51.6 Å². The molecule has 4 heteroatoms. The molecule has 2 heterocycles. The summed E-state index contributed by atoms with van der Waals surface area (Å²) in [5.41, 5.74) is 5.08. The van der Waals surface area contributed by atoms with Crippen molar-refractivity contribution in [3.05, 3.63) is 83.5 Å². The smallest absolute Gasteiger partial charge is 0.234 e. The summed E-state index contributed by atoms with van der Waals surface area (Å²) in [5, 5.41) is 0. The van der Waals surface area contributed by atoms with E-state index < -0.39 is 0 Å². The molecule has 0 saturated carbocycles. The van der Waals surface area contributed by atoms with Gasteiger partial charge in [0.25, 0.3) is 0 Å². The first-order valence-corrected chi connectivity index (χ1v) is 12.8. The predicted octanol–water partition coefficient (Wildman–Crippen LogP) is 5.75. The number of likely N-dealkylation sites (tertiary alicyclic amines) is 1. The third-order valence-corrected chi connectivity index (χ3v) is 7.36. The van der Waals surface area contributed by atoms with E-state index in [0.29, 0.717) is 5.92 Å². The van der Waals surface area contributed by atoms with Gasteiger partial charge in [-0.05, 0) is 87.4 Å². The number of carbonyl (C=O) groups is 1. The number of hydrogen-bond acceptors (Lipinski definition) is 3. The molecule has 0 aromatic heterocycles. The zero-order chi connectivity index (χ0) is 23.5. The van der Waals surface area contributed by atoms with Crippen LogP contribution in [0, 0.1) is 5.92 Å². The van der Waals surface area contributed by atoms with Crippen LogP contribution in [0.2, 0.25) is 0 Å². The van der Waals surface area contributed by atoms with E-state index in [1.54, 1.807) is 0 Å². The molecule has 3 aliphatic rings. The number of carbonyl (C=O) groups excluding carboxylic acids is 1. The highest BCUT2D eigenvalue weighted by atomic mass is 16.5. The number of benzene rings is 2. The Morgan fingerprint density at radius 3 is 2.56 bits per heavy atom. The molecule has 1 atom stereocenters. The van der Waals surface area contributed by atoms with Crippen molar-refractivity contribution in [3.63, 3.8) is 0 Å². The van der Waals surface area contributed by atoms with Crippen LogP contribution in [0.25, 0.3) is 0 Å². The topological polar surface area (TPSA) is 32.8 Å². The van der Waals surface area contributed by atoms with E-state index in [9.17, 15) is 4.79 Å². The first kappa shape index (κ1) is 22.9. The number of piperidine rings is 1. The van der Waals surface area contributed by atoms with E-state index in [4.69, 9.17) is 4.74 Å². The highest BCUT2D eigenvalue weighted by molar-refractivity contribution is 5.98. The van der Waals surface area contributed by atoms with Crippen molar-refractivity contribution in [1.29, 1.82) is 0 Å². The summed E-state index contributed by atoms with van der Waals surface area (Å²) < 4.78 is 6.07. The van der Waals surface area contributed by atoms with Gasteiger partial charge in [-0.3, -0.25) is 9.69 Å². The molecule has 178 valence electrons. The van der Waals surface area contributed by atoms with Gasteiger partial charge in [-0.15, -0.1) is 0 Å². The fourth-order valence-electron chi connectivity index (χ4n) is 5.57. The number of hydrogen-bond donors (Lipinski definition) is 0. The number of amides is 1. The van der Waals surface area contributed by atoms with Gasteiger partial charge >= 0.3 is 0 Å². The Morgan fingerprint density at radius 1 is 1.03 bits per heavy atom. The first-order chi connectivity index (χ1) is 16.6. The maximum absolute atomic E-state index is 13.1. The molecule has 4 nitrogen and oxygen atoms in total. The van der Waals surface area contributed by atoms with Crippen LogP contribution in [0.3, 0.4) is 0 Å². The molecular formula is C30H36N2O2. The zero-order valence-corrected chi connectivity index (χ0v) is 20.5. The van der Waals surface area contributed by atoms with Gasteiger partial charge in [0.15, 0.2) is 0 Å². The first-order valence-electron chi connectivity index (χ1n) is 12.8. The molecule has 1 unspecified atom stereocenters. The lowest BCUT2D eigenvalue weighted by Gasteiger charge is -2.33. The Labute approximate surface area is 203 Å². The van der Waals surface area contributed by atoms with Gasteiger partial charge in [0.2, 0.25) is 5.91 Å². The number of anilines is 1. The maximum atomic E-state index is 13.1. The second-order valence-corrected chi connectivity index (χ2v) is 10.1. The van der Waals surface area contributed by atoms with Crippen molar-refractivity contribution in [2.75, 3.05) is 31.1 Å². The summed E-state index contributed by atoms with van der Waals surface area (Å²) in [5.74, 6) is 1.80. The van der Waals surface area contributed by atoms with E-state index >= 15 is 0 Å². The third-order valence-electron chi connectivity index (χ3n) is 7.36. The van der Waals surface area contributed by atoms with Crippen molar-refractivity contribution < 1.29 is 9.53 Å². The third kappa shape index (κ3) is 4.97. The van der Waals surface area contributed by atoms with Gasteiger partial charge in [0, 0.05) is 18.8 Å². The van der Waals surface area contributed by atoms with Crippen molar-refractivity contribution in [1.82, 2.24) is 4.90 Å². The lowest BCUT2D eigenvalue weighted by atomic mass is 9.88. The normalized spacial score (nSPS) is 21.0. The minimum absolute atomic E-state index is 0.0434. The standard InChI is InChI=1S/C30H36N2O2/c1-22(2)34-29-10-6-4-8-27(29)24-15-18-31(19-16-24)21-23-11-13-26(14-12-23)30(33)32-20-17-25-7-3-5-9-28(25)32/h3-13,22,24,26H,14-21H2,1-2H3. The van der Waals surface area contributed by atoms with E-state index in [1.165, 1.54) is 16.7 Å². The number of rotatable bonds is 6. The van der Waals surface area contributed by atoms with Gasteiger partial charge < -0.3 is 9.64 Å². The number of para-hydroxylation sites is 2. The minimum Gasteiger partial charge on any atom is -0.491 e. The summed E-state index contributed by atoms with van der Waals surface area (Å²) in [7, 11) is 0. The Morgan fingerprint density at radius 2 is 1.79 bits per heavy atom. The lowest BCUT2D eigenvalue weighted by Crippen LogP contribution is -2.36. The van der Waals surface area contributed by atoms with Crippen LogP contribution >= 0.6 is 0 Å². The Hall–Kier alpha value is -2.85. The van der Waals surface area contributed by atoms with Crippen LogP contribution in [0.1, 0.15) is 50.2 Å². The Bertz CT molecular complexity index is 1080. The molecule has 1 aliphatic carbocycles. The summed E-state index contributed by atoms with van der Waals surface area (Å²) in [6.45, 7) is 8.15. The molecule has 0 N–H and O–H groups in total. The molecule has 2 aromatic carbocycles. The van der Waals surface area contributed by atoms with Gasteiger partial charge in [0.05, 0.1) is 12.0 Å². The molecule has 0 radical (unpaired) electrons. The number of ether oxygens (including phenoxy) is 1. The predicted molar refractivity (Wildman–Crippen MR) is 138 cm³/mol. The van der Waals surface area contributed by atoms with Crippen LogP contribution in [-0.2, 0) is 11.2 Å². The Kier molecular flexibility index (Phi) is 6.87. The summed E-state index contributed by atoms with van der Waals surface area (Å²) in [4.78, 5) is 17.7.